The molecule has 13 heteroatoms. The number of tetrazole rings is 2. The van der Waals surface area contributed by atoms with Crippen molar-refractivity contribution >= 4 is 18.1 Å². The Bertz CT molecular complexity index is 1690. The summed E-state index contributed by atoms with van der Waals surface area (Å²) in [5.41, 5.74) is 4.70. The number of aromatic hydroxyl groups is 2. The lowest BCUT2D eigenvalue weighted by atomic mass is 9.82. The Morgan fingerprint density at radius 3 is 1.79 bits per heavy atom. The van der Waals surface area contributed by atoms with E-state index in [1.807, 2.05) is 24.3 Å². The van der Waals surface area contributed by atoms with Crippen molar-refractivity contribution in [2.24, 2.45) is 10.2 Å². The number of phenols is 2. The van der Waals surface area contributed by atoms with E-state index < -0.39 is 5.92 Å². The molecule has 0 amide bonds. The summed E-state index contributed by atoms with van der Waals surface area (Å²) in [5, 5.41) is 53.9. The summed E-state index contributed by atoms with van der Waals surface area (Å²) in [5.74, 6) is 0.751. The third-order valence-electron chi connectivity index (χ3n) is 7.49. The molecule has 1 saturated heterocycles. The summed E-state index contributed by atoms with van der Waals surface area (Å²) in [6.07, 6.45) is 6.80. The van der Waals surface area contributed by atoms with Crippen LogP contribution in [0.4, 0.5) is 5.69 Å². The Balaban J connectivity index is 1.46. The van der Waals surface area contributed by atoms with Crippen LogP contribution in [0.1, 0.15) is 64.6 Å². The second-order valence-electron chi connectivity index (χ2n) is 10.4. The molecular formula is C30H31N11O2. The van der Waals surface area contributed by atoms with Crippen molar-refractivity contribution in [1.82, 2.24) is 40.6 Å². The molecule has 0 aliphatic carbocycles. The Hall–Kier alpha value is -5.46. The molecule has 1 aliphatic heterocycles. The predicted molar refractivity (Wildman–Crippen MR) is 161 cm³/mol. The SMILES string of the molecule is Cc1nnnn1/N=C/c1ccc(O)c(C(c2cccc(N3CCCCC3)c2)c2cc(/C=N/n3nnnc3C)ccc2O)c1. The fourth-order valence-electron chi connectivity index (χ4n) is 5.26. The normalized spacial score (nSPS) is 14.0. The molecule has 43 heavy (non-hydrogen) atoms. The quantitative estimate of drug-likeness (QED) is 0.208. The van der Waals surface area contributed by atoms with Crippen LogP contribution in [0.15, 0.2) is 70.9 Å². The van der Waals surface area contributed by atoms with Crippen molar-refractivity contribution < 1.29 is 10.2 Å². The highest BCUT2D eigenvalue weighted by atomic mass is 16.3. The highest BCUT2D eigenvalue weighted by Crippen LogP contribution is 2.42. The molecule has 13 nitrogen and oxygen atoms in total. The molecule has 0 radical (unpaired) electrons. The number of hydrogen-bond donors (Lipinski definition) is 2. The number of rotatable bonds is 8. The van der Waals surface area contributed by atoms with Gasteiger partial charge in [-0.25, -0.2) is 0 Å². The maximum absolute atomic E-state index is 11.2. The molecule has 3 aromatic carbocycles. The van der Waals surface area contributed by atoms with Gasteiger partial charge in [0.05, 0.1) is 12.4 Å². The maximum atomic E-state index is 11.2. The predicted octanol–water partition coefficient (Wildman–Crippen LogP) is 3.62. The Morgan fingerprint density at radius 1 is 0.721 bits per heavy atom. The van der Waals surface area contributed by atoms with Crippen molar-refractivity contribution in [1.29, 1.82) is 0 Å². The summed E-state index contributed by atoms with van der Waals surface area (Å²) in [6.45, 7) is 5.50. The molecule has 1 fully saturated rings. The molecule has 0 bridgehead atoms. The number of aryl methyl sites for hydroxylation is 2. The third-order valence-corrected chi connectivity index (χ3v) is 7.49. The molecular weight excluding hydrogens is 546 g/mol. The van der Waals surface area contributed by atoms with Gasteiger partial charge in [0.25, 0.3) is 0 Å². The number of phenolic OH excluding ortho intramolecular Hbond substituents is 2. The van der Waals surface area contributed by atoms with Crippen LogP contribution in [0.25, 0.3) is 0 Å². The minimum absolute atomic E-state index is 0.0897. The van der Waals surface area contributed by atoms with Gasteiger partial charge in [-0.1, -0.05) is 12.1 Å². The molecule has 0 saturated carbocycles. The molecule has 0 unspecified atom stereocenters. The molecule has 5 aromatic rings. The van der Waals surface area contributed by atoms with E-state index in [9.17, 15) is 10.2 Å². The standard InChI is InChI=1S/C30H31N11O2/c1-20-33-35-37-40(20)31-18-22-9-11-28(42)26(15-22)30(24-7-6-8-25(17-24)39-13-4-3-5-14-39)27-16-23(10-12-29(27)43)19-32-41-21(2)34-36-38-41/h6-12,15-19,30,42-43H,3-5,13-14H2,1-2H3/b31-18+,32-19+. The summed E-state index contributed by atoms with van der Waals surface area (Å²) in [4.78, 5) is 5.04. The Kier molecular flexibility index (Phi) is 7.85. The zero-order valence-corrected chi connectivity index (χ0v) is 23.9. The maximum Gasteiger partial charge on any atom is 0.173 e. The number of nitrogens with zero attached hydrogens (tertiary/aromatic N) is 11. The first-order chi connectivity index (χ1) is 21.0. The van der Waals surface area contributed by atoms with Crippen molar-refractivity contribution in [2.75, 3.05) is 18.0 Å². The van der Waals surface area contributed by atoms with E-state index in [1.54, 1.807) is 50.5 Å². The van der Waals surface area contributed by atoms with Crippen molar-refractivity contribution in [3.63, 3.8) is 0 Å². The largest absolute Gasteiger partial charge is 0.508 e. The first-order valence-electron chi connectivity index (χ1n) is 14.1. The van der Waals surface area contributed by atoms with Gasteiger partial charge in [0.2, 0.25) is 0 Å². The first-order valence-corrected chi connectivity index (χ1v) is 14.1. The van der Waals surface area contributed by atoms with E-state index >= 15 is 0 Å². The fourth-order valence-corrected chi connectivity index (χ4v) is 5.26. The van der Waals surface area contributed by atoms with Gasteiger partial charge >= 0.3 is 0 Å². The van der Waals surface area contributed by atoms with Gasteiger partial charge < -0.3 is 15.1 Å². The second-order valence-corrected chi connectivity index (χ2v) is 10.4. The number of benzene rings is 3. The second kappa shape index (κ2) is 12.2. The van der Waals surface area contributed by atoms with Gasteiger partial charge in [-0.05, 0) is 119 Å². The molecule has 2 aromatic heterocycles. The number of piperidine rings is 1. The molecule has 0 atom stereocenters. The van der Waals surface area contributed by atoms with E-state index in [0.717, 1.165) is 48.3 Å². The molecule has 0 spiro atoms. The van der Waals surface area contributed by atoms with Crippen LogP contribution in [-0.4, -0.2) is 76.4 Å². The average molecular weight is 578 g/mol. The topological polar surface area (TPSA) is 156 Å². The van der Waals surface area contributed by atoms with Gasteiger partial charge in [0.15, 0.2) is 11.6 Å². The van der Waals surface area contributed by atoms with E-state index in [1.165, 1.54) is 16.0 Å². The van der Waals surface area contributed by atoms with Gasteiger partial charge in [-0.3, -0.25) is 0 Å². The van der Waals surface area contributed by atoms with Gasteiger partial charge in [0.1, 0.15) is 11.5 Å². The molecule has 1 aliphatic rings. The van der Waals surface area contributed by atoms with E-state index in [0.29, 0.717) is 22.8 Å². The van der Waals surface area contributed by atoms with Crippen LogP contribution < -0.4 is 4.90 Å². The zero-order valence-electron chi connectivity index (χ0n) is 23.9. The van der Waals surface area contributed by atoms with Crippen LogP contribution in [-0.2, 0) is 0 Å². The average Bonchev–Trinajstić information content (AvgIpc) is 3.65. The Labute approximate surface area is 247 Å². The smallest absolute Gasteiger partial charge is 0.173 e. The number of hydrogen-bond acceptors (Lipinski definition) is 11. The molecule has 3 heterocycles. The molecule has 6 rings (SSSR count). The van der Waals surface area contributed by atoms with Gasteiger partial charge in [-0.2, -0.15) is 10.2 Å². The fraction of sp³-hybridized carbons (Fsp3) is 0.267. The van der Waals surface area contributed by atoms with Crippen molar-refractivity contribution in [3.8, 4) is 11.5 Å². The monoisotopic (exact) mass is 577 g/mol. The summed E-state index contributed by atoms with van der Waals surface area (Å²) < 4.78 is 0. The van der Waals surface area contributed by atoms with Crippen LogP contribution in [0.3, 0.4) is 0 Å². The summed E-state index contributed by atoms with van der Waals surface area (Å²) >= 11 is 0. The van der Waals surface area contributed by atoms with Crippen molar-refractivity contribution in [3.05, 3.63) is 100 Å². The van der Waals surface area contributed by atoms with Gasteiger partial charge in [-0.15, -0.1) is 19.8 Å². The Morgan fingerprint density at radius 2 is 1.28 bits per heavy atom. The summed E-state index contributed by atoms with van der Waals surface area (Å²) in [7, 11) is 0. The number of aromatic nitrogens is 8. The molecule has 2 N–H and O–H groups in total. The summed E-state index contributed by atoms with van der Waals surface area (Å²) in [6, 6.07) is 18.8. The highest BCUT2D eigenvalue weighted by Gasteiger charge is 2.25. The third kappa shape index (κ3) is 6.10. The minimum atomic E-state index is -0.518. The van der Waals surface area contributed by atoms with E-state index in [2.05, 4.69) is 58.3 Å². The minimum Gasteiger partial charge on any atom is -0.508 e. The zero-order chi connectivity index (χ0) is 29.8. The lowest BCUT2D eigenvalue weighted by Gasteiger charge is -2.30. The lowest BCUT2D eigenvalue weighted by molar-refractivity contribution is 0.458. The van der Waals surface area contributed by atoms with Crippen molar-refractivity contribution in [2.45, 2.75) is 39.0 Å². The van der Waals surface area contributed by atoms with E-state index in [4.69, 9.17) is 0 Å². The van der Waals surface area contributed by atoms with Crippen LogP contribution in [0.5, 0.6) is 11.5 Å². The van der Waals surface area contributed by atoms with Crippen LogP contribution in [0, 0.1) is 13.8 Å². The molecule has 218 valence electrons. The number of anilines is 1. The highest BCUT2D eigenvalue weighted by molar-refractivity contribution is 5.82. The van der Waals surface area contributed by atoms with Crippen LogP contribution >= 0.6 is 0 Å². The van der Waals surface area contributed by atoms with E-state index in [-0.39, 0.29) is 11.5 Å². The first kappa shape index (κ1) is 27.7. The van der Waals surface area contributed by atoms with Crippen LogP contribution in [0.2, 0.25) is 0 Å². The van der Waals surface area contributed by atoms with Gasteiger partial charge in [0, 0.05) is 35.8 Å². The lowest BCUT2D eigenvalue weighted by Crippen LogP contribution is -2.29.